The number of rotatable bonds is 5. The second-order valence-corrected chi connectivity index (χ2v) is 7.19. The summed E-state index contributed by atoms with van der Waals surface area (Å²) < 4.78 is 24.3. The third kappa shape index (κ3) is 3.96. The van der Waals surface area contributed by atoms with E-state index in [1.54, 1.807) is 39.3 Å². The smallest absolute Gasteiger partial charge is 0.254 e. The lowest BCUT2D eigenvalue weighted by Crippen LogP contribution is -2.49. The Morgan fingerprint density at radius 3 is 2.77 bits per heavy atom. The molecule has 1 aromatic heterocycles. The summed E-state index contributed by atoms with van der Waals surface area (Å²) in [5, 5.41) is 0. The molecule has 1 aliphatic rings. The first-order valence-corrected chi connectivity index (χ1v) is 8.96. The average molecular weight is 360 g/mol. The lowest BCUT2D eigenvalue weighted by atomic mass is 9.98. The molecule has 1 unspecified atom stereocenters. The zero-order chi connectivity index (χ0) is 18.7. The van der Waals surface area contributed by atoms with Crippen LogP contribution in [0.25, 0.3) is 0 Å². The van der Waals surface area contributed by atoms with Gasteiger partial charge in [0, 0.05) is 20.1 Å². The number of ether oxygens (including phenoxy) is 1. The summed E-state index contributed by atoms with van der Waals surface area (Å²) in [5.74, 6) is 0.949. The van der Waals surface area contributed by atoms with Crippen LogP contribution in [0.4, 0.5) is 4.39 Å². The molecule has 0 spiro atoms. The number of piperidine rings is 1. The normalized spacial score (nSPS) is 18.2. The molecule has 1 saturated heterocycles. The van der Waals surface area contributed by atoms with Crippen LogP contribution < -0.4 is 0 Å². The monoisotopic (exact) mass is 360 g/mol. The van der Waals surface area contributed by atoms with Crippen molar-refractivity contribution in [2.75, 3.05) is 13.7 Å². The molecule has 0 radical (unpaired) electrons. The first-order chi connectivity index (χ1) is 12.4. The van der Waals surface area contributed by atoms with E-state index in [0.29, 0.717) is 24.6 Å². The predicted octanol–water partition coefficient (Wildman–Crippen LogP) is 3.88. The zero-order valence-electron chi connectivity index (χ0n) is 15.5. The van der Waals surface area contributed by atoms with E-state index in [-0.39, 0.29) is 17.8 Å². The van der Waals surface area contributed by atoms with Gasteiger partial charge in [-0.2, -0.15) is 0 Å². The molecule has 0 N–H and O–H groups in total. The molecule has 0 aliphatic carbocycles. The number of likely N-dealkylation sites (tertiary alicyclic amines) is 1. The van der Waals surface area contributed by atoms with Crippen LogP contribution in [-0.2, 0) is 16.0 Å². The van der Waals surface area contributed by atoms with E-state index in [1.807, 2.05) is 4.90 Å². The quantitative estimate of drug-likeness (QED) is 0.812. The Hall–Kier alpha value is -2.21. The molecular formula is C20H25FN2O3. The van der Waals surface area contributed by atoms with Gasteiger partial charge in [0.1, 0.15) is 23.2 Å². The lowest BCUT2D eigenvalue weighted by Gasteiger charge is -2.38. The molecule has 2 aromatic rings. The molecule has 1 aromatic carbocycles. The van der Waals surface area contributed by atoms with Crippen molar-refractivity contribution in [1.82, 2.24) is 9.88 Å². The van der Waals surface area contributed by atoms with E-state index in [1.165, 1.54) is 12.1 Å². The van der Waals surface area contributed by atoms with E-state index in [2.05, 4.69) is 4.98 Å². The maximum Gasteiger partial charge on any atom is 0.254 e. The second kappa shape index (κ2) is 7.58. The van der Waals surface area contributed by atoms with Gasteiger partial charge in [-0.3, -0.25) is 4.79 Å². The van der Waals surface area contributed by atoms with Gasteiger partial charge in [-0.15, -0.1) is 0 Å². The van der Waals surface area contributed by atoms with Crippen LogP contribution in [0.5, 0.6) is 0 Å². The van der Waals surface area contributed by atoms with Crippen molar-refractivity contribution in [3.05, 3.63) is 53.5 Å². The van der Waals surface area contributed by atoms with Crippen molar-refractivity contribution in [3.8, 4) is 0 Å². The Morgan fingerprint density at radius 2 is 2.08 bits per heavy atom. The summed E-state index contributed by atoms with van der Waals surface area (Å²) in [6, 6.07) is 6.15. The summed E-state index contributed by atoms with van der Waals surface area (Å²) in [4.78, 5) is 19.1. The number of hydrogen-bond acceptors (Lipinski definition) is 4. The summed E-state index contributed by atoms with van der Waals surface area (Å²) in [7, 11) is 1.54. The summed E-state index contributed by atoms with van der Waals surface area (Å²) >= 11 is 0. The van der Waals surface area contributed by atoms with Crippen LogP contribution in [0.1, 0.15) is 56.4 Å². The minimum Gasteiger partial charge on any atom is -0.443 e. The Kier molecular flexibility index (Phi) is 5.41. The molecule has 140 valence electrons. The van der Waals surface area contributed by atoms with Gasteiger partial charge >= 0.3 is 0 Å². The minimum atomic E-state index is -0.876. The largest absolute Gasteiger partial charge is 0.443 e. The van der Waals surface area contributed by atoms with Crippen molar-refractivity contribution in [2.24, 2.45) is 0 Å². The van der Waals surface area contributed by atoms with Crippen LogP contribution in [0.3, 0.4) is 0 Å². The molecule has 1 amide bonds. The molecule has 6 heteroatoms. The van der Waals surface area contributed by atoms with Crippen LogP contribution in [-0.4, -0.2) is 35.0 Å². The number of carbonyl (C=O) groups excluding carboxylic acids is 1. The van der Waals surface area contributed by atoms with E-state index in [0.717, 1.165) is 24.8 Å². The average Bonchev–Trinajstić information content (AvgIpc) is 3.11. The molecule has 26 heavy (non-hydrogen) atoms. The van der Waals surface area contributed by atoms with Gasteiger partial charge in [0.25, 0.3) is 5.91 Å². The zero-order valence-corrected chi connectivity index (χ0v) is 15.5. The molecule has 5 nitrogen and oxygen atoms in total. The highest BCUT2D eigenvalue weighted by molar-refractivity contribution is 5.84. The van der Waals surface area contributed by atoms with E-state index in [4.69, 9.17) is 9.15 Å². The standard InChI is InChI=1S/C20H25FN2O3/c1-20(2,25-3)19(24)23-11-5-4-6-17(23)18-22-13-16(26-18)12-14-7-9-15(21)10-8-14/h7-10,13,17H,4-6,11-12H2,1-3H3. The number of hydrogen-bond donors (Lipinski definition) is 0. The van der Waals surface area contributed by atoms with E-state index in [9.17, 15) is 9.18 Å². The fraction of sp³-hybridized carbons (Fsp3) is 0.500. The van der Waals surface area contributed by atoms with Crippen LogP contribution in [0.2, 0.25) is 0 Å². The van der Waals surface area contributed by atoms with Crippen LogP contribution in [0, 0.1) is 5.82 Å². The molecule has 2 heterocycles. The molecular weight excluding hydrogens is 335 g/mol. The first kappa shape index (κ1) is 18.6. The maximum atomic E-state index is 13.0. The molecule has 0 saturated carbocycles. The number of nitrogens with zero attached hydrogens (tertiary/aromatic N) is 2. The highest BCUT2D eigenvalue weighted by Gasteiger charge is 2.38. The number of methoxy groups -OCH3 is 1. The van der Waals surface area contributed by atoms with Gasteiger partial charge in [0.05, 0.1) is 6.20 Å². The summed E-state index contributed by atoms with van der Waals surface area (Å²) in [6.07, 6.45) is 5.04. The van der Waals surface area contributed by atoms with Crippen LogP contribution in [0.15, 0.2) is 34.9 Å². The van der Waals surface area contributed by atoms with Gasteiger partial charge in [-0.1, -0.05) is 12.1 Å². The molecule has 1 aliphatic heterocycles. The first-order valence-electron chi connectivity index (χ1n) is 8.96. The molecule has 3 rings (SSSR count). The fourth-order valence-corrected chi connectivity index (χ4v) is 3.23. The number of halogens is 1. The Bertz CT molecular complexity index is 755. The number of benzene rings is 1. The topological polar surface area (TPSA) is 55.6 Å². The molecule has 1 atom stereocenters. The van der Waals surface area contributed by atoms with Crippen molar-refractivity contribution >= 4 is 5.91 Å². The predicted molar refractivity (Wildman–Crippen MR) is 95.1 cm³/mol. The van der Waals surface area contributed by atoms with E-state index >= 15 is 0 Å². The Morgan fingerprint density at radius 1 is 1.35 bits per heavy atom. The highest BCUT2D eigenvalue weighted by Crippen LogP contribution is 2.33. The highest BCUT2D eigenvalue weighted by atomic mass is 19.1. The van der Waals surface area contributed by atoms with Gasteiger partial charge < -0.3 is 14.1 Å². The molecule has 1 fully saturated rings. The number of carbonyl (C=O) groups is 1. The third-order valence-electron chi connectivity index (χ3n) is 4.94. The van der Waals surface area contributed by atoms with Gasteiger partial charge in [-0.05, 0) is 50.8 Å². The minimum absolute atomic E-state index is 0.0528. The van der Waals surface area contributed by atoms with Crippen molar-refractivity contribution in [2.45, 2.75) is 51.2 Å². The Balaban J connectivity index is 1.77. The van der Waals surface area contributed by atoms with Gasteiger partial charge in [0.15, 0.2) is 0 Å². The number of aromatic nitrogens is 1. The summed E-state index contributed by atoms with van der Waals surface area (Å²) in [6.45, 7) is 4.22. The Labute approximate surface area is 153 Å². The molecule has 0 bridgehead atoms. The fourth-order valence-electron chi connectivity index (χ4n) is 3.23. The number of amides is 1. The second-order valence-electron chi connectivity index (χ2n) is 7.19. The third-order valence-corrected chi connectivity index (χ3v) is 4.94. The number of oxazole rings is 1. The van der Waals surface area contributed by atoms with Gasteiger partial charge in [0.2, 0.25) is 5.89 Å². The van der Waals surface area contributed by atoms with Crippen LogP contribution >= 0.6 is 0 Å². The lowest BCUT2D eigenvalue weighted by molar-refractivity contribution is -0.155. The summed E-state index contributed by atoms with van der Waals surface area (Å²) in [5.41, 5.74) is 0.0743. The van der Waals surface area contributed by atoms with Crippen molar-refractivity contribution in [3.63, 3.8) is 0 Å². The van der Waals surface area contributed by atoms with E-state index < -0.39 is 5.60 Å². The van der Waals surface area contributed by atoms with Crippen molar-refractivity contribution < 1.29 is 18.3 Å². The van der Waals surface area contributed by atoms with Gasteiger partial charge in [-0.25, -0.2) is 9.37 Å². The SMILES string of the molecule is COC(C)(C)C(=O)N1CCCCC1c1ncc(Cc2ccc(F)cc2)o1. The maximum absolute atomic E-state index is 13.0. The van der Waals surface area contributed by atoms with Crippen molar-refractivity contribution in [1.29, 1.82) is 0 Å².